The van der Waals surface area contributed by atoms with Crippen molar-refractivity contribution in [2.24, 2.45) is 0 Å². The number of hydrogen-bond donors (Lipinski definition) is 1. The fourth-order valence-corrected chi connectivity index (χ4v) is 6.07. The molecule has 3 rings (SSSR count). The lowest BCUT2D eigenvalue weighted by Gasteiger charge is -2.26. The average Bonchev–Trinajstić information content (AvgIpc) is 3.47. The van der Waals surface area contributed by atoms with Crippen molar-refractivity contribution >= 4 is 44.6 Å². The highest BCUT2D eigenvalue weighted by molar-refractivity contribution is 7.91. The molecular weight excluding hydrogens is 484 g/mol. The molecular formula is C22H26N2O8S2. The van der Waals surface area contributed by atoms with Gasteiger partial charge in [0.1, 0.15) is 0 Å². The molecule has 0 radical (unpaired) electrons. The van der Waals surface area contributed by atoms with Gasteiger partial charge in [-0.15, -0.1) is 11.3 Å². The van der Waals surface area contributed by atoms with Crippen molar-refractivity contribution in [2.75, 3.05) is 44.2 Å². The van der Waals surface area contributed by atoms with Crippen LogP contribution in [0.2, 0.25) is 0 Å². The Bertz CT molecular complexity index is 1160. The summed E-state index contributed by atoms with van der Waals surface area (Å²) in [7, 11) is -0.379. The molecule has 1 saturated heterocycles. The third-order valence-electron chi connectivity index (χ3n) is 5.34. The van der Waals surface area contributed by atoms with Crippen LogP contribution in [0.1, 0.15) is 33.4 Å². The standard InChI is InChI=1S/C22H26N2O8S2/c1-4-24(15-7-9-34(28,29)13-15)19(25)12-32-22(27)14-10-16(20(31-3)17(11-14)30-2)23-21(26)18-6-5-8-33-18/h5-6,8,10-11,15H,4,7,9,12-13H2,1-3H3,(H,23,26)/t15-/m1/s1. The first-order chi connectivity index (χ1) is 16.2. The molecule has 1 aliphatic heterocycles. The van der Waals surface area contributed by atoms with Gasteiger partial charge in [-0.3, -0.25) is 9.59 Å². The van der Waals surface area contributed by atoms with Crippen molar-refractivity contribution in [3.05, 3.63) is 40.1 Å². The maximum Gasteiger partial charge on any atom is 0.338 e. The predicted octanol–water partition coefficient (Wildman–Crippen LogP) is 2.21. The molecule has 2 aromatic rings. The van der Waals surface area contributed by atoms with Gasteiger partial charge in [0.15, 0.2) is 27.9 Å². The second-order valence-electron chi connectivity index (χ2n) is 7.50. The molecule has 0 saturated carbocycles. The van der Waals surface area contributed by atoms with Gasteiger partial charge < -0.3 is 24.4 Å². The SMILES string of the molecule is CCN(C(=O)COC(=O)c1cc(NC(=O)c2cccs2)c(OC)c(OC)c1)[C@@H]1CCS(=O)(=O)C1. The van der Waals surface area contributed by atoms with E-state index in [1.54, 1.807) is 24.4 Å². The van der Waals surface area contributed by atoms with E-state index in [0.29, 0.717) is 17.8 Å². The summed E-state index contributed by atoms with van der Waals surface area (Å²) in [6.45, 7) is 1.49. The van der Waals surface area contributed by atoms with Crippen LogP contribution in [-0.2, 0) is 19.4 Å². The van der Waals surface area contributed by atoms with Gasteiger partial charge in [-0.25, -0.2) is 13.2 Å². The lowest BCUT2D eigenvalue weighted by atomic mass is 10.1. The number of rotatable bonds is 9. The minimum atomic E-state index is -3.16. The first kappa shape index (κ1) is 25.5. The molecule has 1 N–H and O–H groups in total. The summed E-state index contributed by atoms with van der Waals surface area (Å²) in [5, 5.41) is 4.46. The summed E-state index contributed by atoms with van der Waals surface area (Å²) in [5.74, 6) is -1.33. The number of likely N-dealkylation sites (N-methyl/N-ethyl adjacent to an activating group) is 1. The Hall–Kier alpha value is -3.12. The number of nitrogens with one attached hydrogen (secondary N) is 1. The van der Waals surface area contributed by atoms with E-state index in [1.807, 2.05) is 0 Å². The number of thiophene rings is 1. The van der Waals surface area contributed by atoms with Gasteiger partial charge in [0, 0.05) is 12.6 Å². The van der Waals surface area contributed by atoms with Crippen molar-refractivity contribution in [1.82, 2.24) is 4.90 Å². The van der Waals surface area contributed by atoms with Gasteiger partial charge in [-0.2, -0.15) is 0 Å². The second-order valence-corrected chi connectivity index (χ2v) is 10.7. The first-order valence-corrected chi connectivity index (χ1v) is 13.2. The molecule has 184 valence electrons. The normalized spacial score (nSPS) is 16.5. The van der Waals surface area contributed by atoms with Crippen LogP contribution in [0.4, 0.5) is 5.69 Å². The Morgan fingerprint density at radius 1 is 1.21 bits per heavy atom. The number of carbonyl (C=O) groups is 3. The van der Waals surface area contributed by atoms with Crippen molar-refractivity contribution in [2.45, 2.75) is 19.4 Å². The molecule has 1 aromatic heterocycles. The predicted molar refractivity (Wildman–Crippen MR) is 127 cm³/mol. The third kappa shape index (κ3) is 5.86. The Labute approximate surface area is 201 Å². The number of methoxy groups -OCH3 is 2. The van der Waals surface area contributed by atoms with Crippen LogP contribution in [-0.4, -0.2) is 76.0 Å². The largest absolute Gasteiger partial charge is 0.493 e. The number of amides is 2. The van der Waals surface area contributed by atoms with Gasteiger partial charge in [0.05, 0.1) is 41.9 Å². The summed E-state index contributed by atoms with van der Waals surface area (Å²) in [4.78, 5) is 39.7. The van der Waals surface area contributed by atoms with Gasteiger partial charge in [-0.05, 0) is 36.9 Å². The number of sulfone groups is 1. The molecule has 10 nitrogen and oxygen atoms in total. The minimum Gasteiger partial charge on any atom is -0.493 e. The highest BCUT2D eigenvalue weighted by atomic mass is 32.2. The summed E-state index contributed by atoms with van der Waals surface area (Å²) in [6, 6.07) is 5.72. The zero-order valence-corrected chi connectivity index (χ0v) is 20.7. The van der Waals surface area contributed by atoms with Gasteiger partial charge >= 0.3 is 5.97 Å². The number of hydrogen-bond acceptors (Lipinski definition) is 9. The monoisotopic (exact) mass is 510 g/mol. The molecule has 2 heterocycles. The summed E-state index contributed by atoms with van der Waals surface area (Å²) in [5.41, 5.74) is 0.239. The zero-order chi connectivity index (χ0) is 24.9. The van der Waals surface area contributed by atoms with Gasteiger partial charge in [0.2, 0.25) is 0 Å². The first-order valence-electron chi connectivity index (χ1n) is 10.5. The maximum atomic E-state index is 12.7. The maximum absolute atomic E-state index is 12.7. The van der Waals surface area contributed by atoms with Crippen LogP contribution < -0.4 is 14.8 Å². The van der Waals surface area contributed by atoms with Crippen LogP contribution in [0.15, 0.2) is 29.6 Å². The fourth-order valence-electron chi connectivity index (χ4n) is 3.72. The molecule has 1 atom stereocenters. The zero-order valence-electron chi connectivity index (χ0n) is 19.0. The number of esters is 1. The number of benzene rings is 1. The number of nitrogens with zero attached hydrogens (tertiary/aromatic N) is 1. The Balaban J connectivity index is 1.74. The van der Waals surface area contributed by atoms with Crippen molar-refractivity contribution in [3.63, 3.8) is 0 Å². The molecule has 34 heavy (non-hydrogen) atoms. The van der Waals surface area contributed by atoms with Crippen molar-refractivity contribution in [1.29, 1.82) is 0 Å². The Kier molecular flexibility index (Phi) is 8.15. The van der Waals surface area contributed by atoms with Crippen LogP contribution in [0.5, 0.6) is 11.5 Å². The van der Waals surface area contributed by atoms with E-state index < -0.39 is 34.4 Å². The molecule has 0 spiro atoms. The van der Waals surface area contributed by atoms with Gasteiger partial charge in [0.25, 0.3) is 11.8 Å². The van der Waals surface area contributed by atoms with Crippen LogP contribution in [0.25, 0.3) is 0 Å². The number of ether oxygens (including phenoxy) is 3. The van der Waals surface area contributed by atoms with Crippen LogP contribution in [0.3, 0.4) is 0 Å². The van der Waals surface area contributed by atoms with E-state index in [0.717, 1.165) is 0 Å². The van der Waals surface area contributed by atoms with E-state index in [-0.39, 0.29) is 40.2 Å². The third-order valence-corrected chi connectivity index (χ3v) is 7.96. The Morgan fingerprint density at radius 3 is 2.53 bits per heavy atom. The number of carbonyl (C=O) groups excluding carboxylic acids is 3. The highest BCUT2D eigenvalue weighted by Crippen LogP contribution is 2.37. The highest BCUT2D eigenvalue weighted by Gasteiger charge is 2.34. The van der Waals surface area contributed by atoms with Crippen LogP contribution in [0, 0.1) is 0 Å². The topological polar surface area (TPSA) is 128 Å². The molecule has 0 aliphatic carbocycles. The van der Waals surface area contributed by atoms with E-state index in [4.69, 9.17) is 14.2 Å². The summed E-state index contributed by atoms with van der Waals surface area (Å²) < 4.78 is 39.4. The van der Waals surface area contributed by atoms with E-state index in [2.05, 4.69) is 5.32 Å². The summed E-state index contributed by atoms with van der Waals surface area (Å²) >= 11 is 1.25. The lowest BCUT2D eigenvalue weighted by molar-refractivity contribution is -0.136. The quantitative estimate of drug-likeness (QED) is 0.509. The van der Waals surface area contributed by atoms with Crippen LogP contribution >= 0.6 is 11.3 Å². The fraction of sp³-hybridized carbons (Fsp3) is 0.409. The molecule has 1 aromatic carbocycles. The lowest BCUT2D eigenvalue weighted by Crippen LogP contribution is -2.43. The van der Waals surface area contributed by atoms with Crippen molar-refractivity contribution < 1.29 is 37.0 Å². The van der Waals surface area contributed by atoms with Gasteiger partial charge in [-0.1, -0.05) is 6.07 Å². The molecule has 2 amide bonds. The molecule has 0 bridgehead atoms. The second kappa shape index (κ2) is 10.9. The minimum absolute atomic E-state index is 0.0346. The smallest absolute Gasteiger partial charge is 0.338 e. The molecule has 0 unspecified atom stereocenters. The molecule has 12 heteroatoms. The van der Waals surface area contributed by atoms with E-state index in [9.17, 15) is 22.8 Å². The van der Waals surface area contributed by atoms with E-state index >= 15 is 0 Å². The van der Waals surface area contributed by atoms with Crippen molar-refractivity contribution in [3.8, 4) is 11.5 Å². The summed E-state index contributed by atoms with van der Waals surface area (Å²) in [6.07, 6.45) is 0.360. The molecule has 1 fully saturated rings. The molecule has 1 aliphatic rings. The average molecular weight is 511 g/mol. The van der Waals surface area contributed by atoms with E-state index in [1.165, 1.54) is 42.6 Å². The Morgan fingerprint density at radius 2 is 1.97 bits per heavy atom. The number of anilines is 1.